The first-order chi connectivity index (χ1) is 15.3. The van der Waals surface area contributed by atoms with Crippen LogP contribution in [0.5, 0.6) is 0 Å². The van der Waals surface area contributed by atoms with E-state index in [0.29, 0.717) is 24.3 Å². The lowest BCUT2D eigenvalue weighted by Crippen LogP contribution is -2.42. The Morgan fingerprint density at radius 2 is 1.91 bits per heavy atom. The molecule has 0 aliphatic heterocycles. The van der Waals surface area contributed by atoms with Crippen LogP contribution in [0.15, 0.2) is 64.5 Å². The molecule has 0 unspecified atom stereocenters. The van der Waals surface area contributed by atoms with Crippen molar-refractivity contribution in [2.45, 2.75) is 65.4 Å². The average molecular weight is 437 g/mol. The van der Waals surface area contributed by atoms with Gasteiger partial charge in [0.25, 0.3) is 0 Å². The number of esters is 1. The summed E-state index contributed by atoms with van der Waals surface area (Å²) in [5.74, 6) is -0.747. The highest BCUT2D eigenvalue weighted by Gasteiger charge is 2.50. The summed E-state index contributed by atoms with van der Waals surface area (Å²) in [5.41, 5.74) is 2.63. The molecule has 0 bridgehead atoms. The number of benzene rings is 1. The summed E-state index contributed by atoms with van der Waals surface area (Å²) in [6.07, 6.45) is 7.57. The Balaban J connectivity index is 1.70. The van der Waals surface area contributed by atoms with E-state index < -0.39 is 17.5 Å². The molecular formula is C27H32O5. The zero-order chi connectivity index (χ0) is 22.9. The van der Waals surface area contributed by atoms with Gasteiger partial charge in [0.1, 0.15) is 6.10 Å². The third-order valence-electron chi connectivity index (χ3n) is 7.99. The fourth-order valence-corrected chi connectivity index (χ4v) is 5.69. The topological polar surface area (TPSA) is 76.7 Å². The molecule has 0 saturated carbocycles. The second-order valence-corrected chi connectivity index (χ2v) is 9.83. The molecule has 4 rings (SSSR count). The Kier molecular flexibility index (Phi) is 6.02. The molecule has 2 aromatic rings. The summed E-state index contributed by atoms with van der Waals surface area (Å²) in [5, 5.41) is 10.0. The maximum Gasteiger partial charge on any atom is 0.338 e. The fourth-order valence-electron chi connectivity index (χ4n) is 5.69. The van der Waals surface area contributed by atoms with Crippen molar-refractivity contribution in [2.24, 2.45) is 16.7 Å². The number of hydrogen-bond acceptors (Lipinski definition) is 4. The number of furan rings is 1. The first-order valence-electron chi connectivity index (χ1n) is 11.5. The van der Waals surface area contributed by atoms with E-state index in [4.69, 9.17) is 9.15 Å². The van der Waals surface area contributed by atoms with Crippen LogP contribution in [0.4, 0.5) is 0 Å². The van der Waals surface area contributed by atoms with Crippen molar-refractivity contribution in [2.75, 3.05) is 0 Å². The highest BCUT2D eigenvalue weighted by molar-refractivity contribution is 5.89. The van der Waals surface area contributed by atoms with Crippen molar-refractivity contribution in [3.8, 4) is 0 Å². The van der Waals surface area contributed by atoms with Gasteiger partial charge in [-0.1, -0.05) is 43.2 Å². The van der Waals surface area contributed by atoms with Gasteiger partial charge in [-0.3, -0.25) is 4.79 Å². The van der Waals surface area contributed by atoms with Crippen LogP contribution in [0.1, 0.15) is 81.3 Å². The summed E-state index contributed by atoms with van der Waals surface area (Å²) < 4.78 is 11.4. The van der Waals surface area contributed by atoms with E-state index >= 15 is 0 Å². The van der Waals surface area contributed by atoms with Crippen LogP contribution in [0.25, 0.3) is 0 Å². The molecule has 2 aliphatic rings. The largest absolute Gasteiger partial charge is 0.481 e. The van der Waals surface area contributed by atoms with Crippen molar-refractivity contribution in [3.63, 3.8) is 0 Å². The summed E-state index contributed by atoms with van der Waals surface area (Å²) in [6.45, 7) is 6.34. The van der Waals surface area contributed by atoms with Gasteiger partial charge in [-0.15, -0.1) is 0 Å². The zero-order valence-electron chi connectivity index (χ0n) is 19.1. The third-order valence-corrected chi connectivity index (χ3v) is 7.99. The number of carboxylic acid groups (broad SMARTS) is 1. The van der Waals surface area contributed by atoms with Crippen LogP contribution < -0.4 is 0 Å². The molecule has 32 heavy (non-hydrogen) atoms. The maximum atomic E-state index is 12.9. The Hall–Kier alpha value is -2.82. The number of carboxylic acids is 1. The maximum absolute atomic E-state index is 12.9. The quantitative estimate of drug-likeness (QED) is 0.409. The van der Waals surface area contributed by atoms with Gasteiger partial charge in [0.15, 0.2) is 0 Å². The molecule has 0 radical (unpaired) electrons. The molecule has 1 N–H and O–H groups in total. The van der Waals surface area contributed by atoms with Crippen LogP contribution in [0.2, 0.25) is 0 Å². The van der Waals surface area contributed by atoms with Gasteiger partial charge in [0.05, 0.1) is 23.5 Å². The SMILES string of the molecule is C[C@H]1CCC2=C(CCC[C@]2(C)C(=O)O)[C@]1(C)C[C@H](OC(=O)c1ccccc1)c1ccoc1. The molecule has 0 fully saturated rings. The van der Waals surface area contributed by atoms with Gasteiger partial charge < -0.3 is 14.3 Å². The minimum Gasteiger partial charge on any atom is -0.481 e. The van der Waals surface area contributed by atoms with Gasteiger partial charge in [0, 0.05) is 5.56 Å². The highest BCUT2D eigenvalue weighted by Crippen LogP contribution is 2.58. The molecule has 5 nitrogen and oxygen atoms in total. The van der Waals surface area contributed by atoms with Gasteiger partial charge >= 0.3 is 11.9 Å². The molecule has 0 spiro atoms. The van der Waals surface area contributed by atoms with E-state index in [1.165, 1.54) is 5.57 Å². The first kappa shape index (κ1) is 22.4. The summed E-state index contributed by atoms with van der Waals surface area (Å²) in [6, 6.07) is 10.8. The number of ether oxygens (including phenoxy) is 1. The molecular weight excluding hydrogens is 404 g/mol. The van der Waals surface area contributed by atoms with Crippen molar-refractivity contribution < 1.29 is 23.8 Å². The highest BCUT2D eigenvalue weighted by atomic mass is 16.5. The number of allylic oxidation sites excluding steroid dienone is 1. The summed E-state index contributed by atoms with van der Waals surface area (Å²) >= 11 is 0. The van der Waals surface area contributed by atoms with E-state index in [9.17, 15) is 14.7 Å². The molecule has 4 atom stereocenters. The van der Waals surface area contributed by atoms with Crippen LogP contribution in [0.3, 0.4) is 0 Å². The average Bonchev–Trinajstić information content (AvgIpc) is 3.32. The molecule has 0 saturated heterocycles. The smallest absolute Gasteiger partial charge is 0.338 e. The van der Waals surface area contributed by atoms with Crippen molar-refractivity contribution in [1.29, 1.82) is 0 Å². The van der Waals surface area contributed by atoms with E-state index in [-0.39, 0.29) is 11.4 Å². The molecule has 170 valence electrons. The number of aliphatic carboxylic acids is 1. The molecule has 0 amide bonds. The number of carbonyl (C=O) groups excluding carboxylic acids is 1. The molecule has 2 aliphatic carbocycles. The van der Waals surface area contributed by atoms with Gasteiger partial charge in [-0.05, 0) is 75.0 Å². The predicted octanol–water partition coefficient (Wildman–Crippen LogP) is 6.58. The minimum atomic E-state index is -0.805. The number of hydrogen-bond donors (Lipinski definition) is 1. The van der Waals surface area contributed by atoms with Gasteiger partial charge in [0.2, 0.25) is 0 Å². The zero-order valence-corrected chi connectivity index (χ0v) is 19.1. The predicted molar refractivity (Wildman–Crippen MR) is 121 cm³/mol. The minimum absolute atomic E-state index is 0.260. The lowest BCUT2D eigenvalue weighted by molar-refractivity contribution is -0.146. The first-order valence-corrected chi connectivity index (χ1v) is 11.5. The normalized spacial score (nSPS) is 28.7. The van der Waals surface area contributed by atoms with Crippen LogP contribution in [-0.4, -0.2) is 17.0 Å². The third kappa shape index (κ3) is 3.89. The van der Waals surface area contributed by atoms with Gasteiger partial charge in [-0.25, -0.2) is 4.79 Å². The molecule has 1 aromatic carbocycles. The Bertz CT molecular complexity index is 1010. The van der Waals surface area contributed by atoms with E-state index in [1.807, 2.05) is 31.2 Å². The Morgan fingerprint density at radius 3 is 2.56 bits per heavy atom. The summed E-state index contributed by atoms with van der Waals surface area (Å²) in [4.78, 5) is 25.1. The molecule has 1 aromatic heterocycles. The van der Waals surface area contributed by atoms with Crippen molar-refractivity contribution in [1.82, 2.24) is 0 Å². The second kappa shape index (κ2) is 8.61. The summed E-state index contributed by atoms with van der Waals surface area (Å²) in [7, 11) is 0. The Morgan fingerprint density at radius 1 is 1.16 bits per heavy atom. The van der Waals surface area contributed by atoms with E-state index in [1.54, 1.807) is 24.7 Å². The van der Waals surface area contributed by atoms with Gasteiger partial charge in [-0.2, -0.15) is 0 Å². The van der Waals surface area contributed by atoms with E-state index in [2.05, 4.69) is 13.8 Å². The molecule has 1 heterocycles. The monoisotopic (exact) mass is 436 g/mol. The second-order valence-electron chi connectivity index (χ2n) is 9.83. The lowest BCUT2D eigenvalue weighted by Gasteiger charge is -2.50. The number of rotatable bonds is 6. The van der Waals surface area contributed by atoms with Crippen molar-refractivity contribution >= 4 is 11.9 Å². The van der Waals surface area contributed by atoms with Crippen LogP contribution in [0, 0.1) is 16.7 Å². The van der Waals surface area contributed by atoms with Crippen LogP contribution in [-0.2, 0) is 9.53 Å². The molecule has 5 heteroatoms. The van der Waals surface area contributed by atoms with Crippen LogP contribution >= 0.6 is 0 Å². The van der Waals surface area contributed by atoms with Crippen molar-refractivity contribution in [3.05, 3.63) is 71.2 Å². The fraction of sp³-hybridized carbons (Fsp3) is 0.481. The lowest BCUT2D eigenvalue weighted by atomic mass is 9.55. The number of carbonyl (C=O) groups is 2. The standard InChI is InChI=1S/C27H32O5/c1-18-11-12-22-21(10-7-14-26(22,2)25(29)30)27(18,3)16-23(20-13-15-31-17-20)32-24(28)19-8-5-4-6-9-19/h4-6,8-9,13,15,17-18,23H,7,10-12,14,16H2,1-3H3,(H,29,30)/t18-,23-,26-,27+/m0/s1. The Labute approximate surface area is 189 Å². The van der Waals surface area contributed by atoms with E-state index in [0.717, 1.165) is 36.8 Å².